The summed E-state index contributed by atoms with van der Waals surface area (Å²) >= 11 is 0. The third-order valence-electron chi connectivity index (χ3n) is 3.60. The Morgan fingerprint density at radius 1 is 1.08 bits per heavy atom. The van der Waals surface area contributed by atoms with Gasteiger partial charge in [-0.3, -0.25) is 9.69 Å². The fraction of sp³-hybridized carbons (Fsp3) is 0.316. The summed E-state index contributed by atoms with van der Waals surface area (Å²) < 4.78 is 43.0. The van der Waals surface area contributed by atoms with E-state index in [1.54, 1.807) is 7.05 Å². The van der Waals surface area contributed by atoms with Gasteiger partial charge in [-0.2, -0.15) is 13.2 Å². The van der Waals surface area contributed by atoms with Crippen LogP contribution in [0.5, 0.6) is 5.75 Å². The Kier molecular flexibility index (Phi) is 6.63. The summed E-state index contributed by atoms with van der Waals surface area (Å²) in [6.07, 6.45) is -4.39. The second-order valence-electron chi connectivity index (χ2n) is 5.87. The van der Waals surface area contributed by atoms with Crippen LogP contribution in [-0.4, -0.2) is 31.0 Å². The summed E-state index contributed by atoms with van der Waals surface area (Å²) in [5.41, 5.74) is 0.610. The zero-order valence-corrected chi connectivity index (χ0v) is 14.6. The van der Waals surface area contributed by atoms with Crippen molar-refractivity contribution in [1.82, 2.24) is 4.90 Å². The lowest BCUT2D eigenvalue weighted by atomic mass is 10.2. The molecule has 0 heterocycles. The quantitative estimate of drug-likeness (QED) is 0.800. The molecule has 7 heteroatoms. The molecule has 0 aliphatic rings. The number of carbonyl (C=O) groups is 1. The van der Waals surface area contributed by atoms with Gasteiger partial charge in [0.15, 0.2) is 0 Å². The first-order valence-electron chi connectivity index (χ1n) is 8.15. The van der Waals surface area contributed by atoms with Crippen LogP contribution < -0.4 is 10.1 Å². The van der Waals surface area contributed by atoms with Crippen molar-refractivity contribution in [2.45, 2.75) is 19.6 Å². The van der Waals surface area contributed by atoms with Crippen molar-refractivity contribution in [3.8, 4) is 5.75 Å². The number of halogens is 3. The molecule has 0 atom stereocenters. The lowest BCUT2D eigenvalue weighted by Crippen LogP contribution is -2.29. The van der Waals surface area contributed by atoms with Crippen LogP contribution in [0.15, 0.2) is 48.5 Å². The SMILES string of the molecule is CCOc1ccc(CN(C)CC(=O)Nc2ccc(C(F)(F)F)cc2)cc1. The molecule has 2 aromatic rings. The molecule has 0 radical (unpaired) electrons. The summed E-state index contributed by atoms with van der Waals surface area (Å²) in [5, 5.41) is 2.60. The van der Waals surface area contributed by atoms with Gasteiger partial charge in [0.05, 0.1) is 18.7 Å². The molecule has 0 fully saturated rings. The number of likely N-dealkylation sites (N-methyl/N-ethyl adjacent to an activating group) is 1. The minimum Gasteiger partial charge on any atom is -0.494 e. The van der Waals surface area contributed by atoms with Crippen LogP contribution in [0, 0.1) is 0 Å². The summed E-state index contributed by atoms with van der Waals surface area (Å²) in [4.78, 5) is 13.9. The summed E-state index contributed by atoms with van der Waals surface area (Å²) in [5.74, 6) is 0.497. The van der Waals surface area contributed by atoms with Gasteiger partial charge in [-0.1, -0.05) is 12.1 Å². The van der Waals surface area contributed by atoms with E-state index in [-0.39, 0.29) is 12.5 Å². The maximum atomic E-state index is 12.5. The number of carbonyl (C=O) groups excluding carboxylic acids is 1. The lowest BCUT2D eigenvalue weighted by Gasteiger charge is -2.17. The Morgan fingerprint density at radius 3 is 2.23 bits per heavy atom. The molecule has 0 saturated carbocycles. The van der Waals surface area contributed by atoms with Gasteiger partial charge in [0.2, 0.25) is 5.91 Å². The molecule has 0 bridgehead atoms. The Labute approximate surface area is 150 Å². The van der Waals surface area contributed by atoms with Crippen molar-refractivity contribution in [1.29, 1.82) is 0 Å². The van der Waals surface area contributed by atoms with Crippen LogP contribution in [0.2, 0.25) is 0 Å². The van der Waals surface area contributed by atoms with Crippen LogP contribution in [0.3, 0.4) is 0 Å². The summed E-state index contributed by atoms with van der Waals surface area (Å²) in [6, 6.07) is 12.0. The number of hydrogen-bond acceptors (Lipinski definition) is 3. The van der Waals surface area contributed by atoms with Crippen molar-refractivity contribution < 1.29 is 22.7 Å². The zero-order chi connectivity index (χ0) is 19.2. The predicted octanol–water partition coefficient (Wildman–Crippen LogP) is 4.17. The Bertz CT molecular complexity index is 713. The van der Waals surface area contributed by atoms with E-state index in [9.17, 15) is 18.0 Å². The number of benzene rings is 2. The lowest BCUT2D eigenvalue weighted by molar-refractivity contribution is -0.137. The van der Waals surface area contributed by atoms with Crippen molar-refractivity contribution in [2.24, 2.45) is 0 Å². The number of alkyl halides is 3. The maximum Gasteiger partial charge on any atom is 0.416 e. The van der Waals surface area contributed by atoms with Gasteiger partial charge in [-0.15, -0.1) is 0 Å². The molecular weight excluding hydrogens is 345 g/mol. The monoisotopic (exact) mass is 366 g/mol. The fourth-order valence-electron chi connectivity index (χ4n) is 2.41. The number of anilines is 1. The highest BCUT2D eigenvalue weighted by Gasteiger charge is 2.29. The predicted molar refractivity (Wildman–Crippen MR) is 94.0 cm³/mol. The largest absolute Gasteiger partial charge is 0.494 e. The van der Waals surface area contributed by atoms with Gasteiger partial charge in [0, 0.05) is 12.2 Å². The molecule has 0 aliphatic heterocycles. The number of ether oxygens (including phenoxy) is 1. The van der Waals surface area contributed by atoms with Crippen molar-refractivity contribution >= 4 is 11.6 Å². The average molecular weight is 366 g/mol. The molecule has 0 aliphatic carbocycles. The van der Waals surface area contributed by atoms with Gasteiger partial charge in [0.1, 0.15) is 5.75 Å². The van der Waals surface area contributed by atoms with Gasteiger partial charge in [-0.05, 0) is 55.9 Å². The van der Waals surface area contributed by atoms with E-state index in [2.05, 4.69) is 5.32 Å². The van der Waals surface area contributed by atoms with Crippen LogP contribution >= 0.6 is 0 Å². The van der Waals surface area contributed by atoms with Crippen molar-refractivity contribution in [3.05, 3.63) is 59.7 Å². The summed E-state index contributed by atoms with van der Waals surface area (Å²) in [7, 11) is 1.79. The highest BCUT2D eigenvalue weighted by Crippen LogP contribution is 2.29. The van der Waals surface area contributed by atoms with Gasteiger partial charge in [0.25, 0.3) is 0 Å². The van der Waals surface area contributed by atoms with Gasteiger partial charge in [-0.25, -0.2) is 0 Å². The first kappa shape index (κ1) is 19.8. The molecule has 0 spiro atoms. The van der Waals surface area contributed by atoms with Crippen LogP contribution in [-0.2, 0) is 17.5 Å². The molecule has 2 aromatic carbocycles. The topological polar surface area (TPSA) is 41.6 Å². The standard InChI is InChI=1S/C19H21F3N2O2/c1-3-26-17-10-4-14(5-11-17)12-24(2)13-18(25)23-16-8-6-15(7-9-16)19(20,21)22/h4-11H,3,12-13H2,1-2H3,(H,23,25). The minimum atomic E-state index is -4.39. The normalized spacial score (nSPS) is 11.5. The van der Waals surface area contributed by atoms with E-state index in [1.807, 2.05) is 36.1 Å². The molecule has 0 saturated heterocycles. The van der Waals surface area contributed by atoms with Crippen molar-refractivity contribution in [3.63, 3.8) is 0 Å². The highest BCUT2D eigenvalue weighted by atomic mass is 19.4. The van der Waals surface area contributed by atoms with Crippen LogP contribution in [0.1, 0.15) is 18.1 Å². The molecule has 1 N–H and O–H groups in total. The molecule has 4 nitrogen and oxygen atoms in total. The highest BCUT2D eigenvalue weighted by molar-refractivity contribution is 5.92. The second kappa shape index (κ2) is 8.71. The van der Waals surface area contributed by atoms with E-state index < -0.39 is 11.7 Å². The van der Waals surface area contributed by atoms with Gasteiger partial charge < -0.3 is 10.1 Å². The number of rotatable bonds is 7. The molecule has 26 heavy (non-hydrogen) atoms. The van der Waals surface area contributed by atoms with E-state index in [0.717, 1.165) is 23.4 Å². The third kappa shape index (κ3) is 6.07. The van der Waals surface area contributed by atoms with Crippen LogP contribution in [0.25, 0.3) is 0 Å². The number of amides is 1. The molecule has 140 valence electrons. The Hall–Kier alpha value is -2.54. The molecule has 0 aromatic heterocycles. The minimum absolute atomic E-state index is 0.119. The Morgan fingerprint density at radius 2 is 1.69 bits per heavy atom. The number of nitrogens with zero attached hydrogens (tertiary/aromatic N) is 1. The van der Waals surface area contributed by atoms with E-state index in [4.69, 9.17) is 4.74 Å². The number of hydrogen-bond donors (Lipinski definition) is 1. The first-order valence-corrected chi connectivity index (χ1v) is 8.15. The van der Waals surface area contributed by atoms with E-state index in [1.165, 1.54) is 12.1 Å². The third-order valence-corrected chi connectivity index (χ3v) is 3.60. The molecule has 2 rings (SSSR count). The van der Waals surface area contributed by atoms with E-state index in [0.29, 0.717) is 18.8 Å². The van der Waals surface area contributed by atoms with Crippen molar-refractivity contribution in [2.75, 3.05) is 25.5 Å². The molecule has 1 amide bonds. The zero-order valence-electron chi connectivity index (χ0n) is 14.6. The van der Waals surface area contributed by atoms with E-state index >= 15 is 0 Å². The van der Waals surface area contributed by atoms with Crippen LogP contribution in [0.4, 0.5) is 18.9 Å². The summed E-state index contributed by atoms with van der Waals surface area (Å²) in [6.45, 7) is 3.20. The maximum absolute atomic E-state index is 12.5. The Balaban J connectivity index is 1.84. The average Bonchev–Trinajstić information content (AvgIpc) is 2.56. The second-order valence-corrected chi connectivity index (χ2v) is 5.87. The molecule has 0 unspecified atom stereocenters. The fourth-order valence-corrected chi connectivity index (χ4v) is 2.41. The number of nitrogens with one attached hydrogen (secondary N) is 1. The molecular formula is C19H21F3N2O2. The first-order chi connectivity index (χ1) is 12.3. The van der Waals surface area contributed by atoms with Gasteiger partial charge >= 0.3 is 6.18 Å². The smallest absolute Gasteiger partial charge is 0.416 e.